The molecule has 1 N–H and O–H groups in total. The predicted molar refractivity (Wildman–Crippen MR) is 81.4 cm³/mol. The first-order chi connectivity index (χ1) is 10.8. The average molecular weight is 344 g/mol. The fraction of sp³-hybridized carbons (Fsp3) is 0.357. The van der Waals surface area contributed by atoms with Crippen molar-refractivity contribution in [1.82, 2.24) is 15.2 Å². The number of hydrazone groups is 1. The number of alkyl halides is 3. The van der Waals surface area contributed by atoms with Gasteiger partial charge in [-0.15, -0.1) is 11.3 Å². The Morgan fingerprint density at radius 1 is 1.48 bits per heavy atom. The summed E-state index contributed by atoms with van der Waals surface area (Å²) in [5, 5.41) is 9.20. The van der Waals surface area contributed by atoms with Gasteiger partial charge in [-0.25, -0.2) is 5.43 Å². The number of hydrogen-bond acceptors (Lipinski definition) is 4. The van der Waals surface area contributed by atoms with Gasteiger partial charge in [0.05, 0.1) is 12.8 Å². The number of carbonyl (C=O) groups excluding carboxylic acids is 1. The lowest BCUT2D eigenvalue weighted by molar-refractivity contribution is -0.141. The van der Waals surface area contributed by atoms with E-state index in [0.29, 0.717) is 5.69 Å². The largest absolute Gasteiger partial charge is 0.435 e. The number of amides is 1. The van der Waals surface area contributed by atoms with Gasteiger partial charge in [0.1, 0.15) is 0 Å². The van der Waals surface area contributed by atoms with Crippen molar-refractivity contribution >= 4 is 23.5 Å². The lowest BCUT2D eigenvalue weighted by atomic mass is 10.3. The first kappa shape index (κ1) is 17.2. The molecule has 0 aliphatic rings. The van der Waals surface area contributed by atoms with Crippen molar-refractivity contribution in [3.05, 3.63) is 39.3 Å². The number of nitrogens with zero attached hydrogens (tertiary/aromatic N) is 3. The molecule has 0 atom stereocenters. The van der Waals surface area contributed by atoms with Crippen molar-refractivity contribution in [2.24, 2.45) is 5.10 Å². The number of nitrogens with one attached hydrogen (secondary N) is 1. The molecule has 23 heavy (non-hydrogen) atoms. The highest BCUT2D eigenvalue weighted by molar-refractivity contribution is 7.11. The zero-order chi connectivity index (χ0) is 17.0. The number of thiophene rings is 1. The second-order valence-electron chi connectivity index (χ2n) is 4.90. The van der Waals surface area contributed by atoms with Gasteiger partial charge in [-0.2, -0.15) is 23.4 Å². The summed E-state index contributed by atoms with van der Waals surface area (Å²) < 4.78 is 38.8. The summed E-state index contributed by atoms with van der Waals surface area (Å²) in [6.45, 7) is 3.50. The summed E-state index contributed by atoms with van der Waals surface area (Å²) in [6.07, 6.45) is -2.96. The van der Waals surface area contributed by atoms with E-state index in [1.807, 2.05) is 18.4 Å². The van der Waals surface area contributed by atoms with Crippen molar-refractivity contribution in [3.63, 3.8) is 0 Å². The lowest BCUT2D eigenvalue weighted by Crippen LogP contribution is -2.20. The van der Waals surface area contributed by atoms with E-state index in [2.05, 4.69) is 15.6 Å². The maximum absolute atomic E-state index is 12.5. The van der Waals surface area contributed by atoms with Crippen molar-refractivity contribution in [1.29, 1.82) is 0 Å². The number of aryl methyl sites for hydroxylation is 3. The van der Waals surface area contributed by atoms with Gasteiger partial charge in [-0.3, -0.25) is 9.48 Å². The van der Waals surface area contributed by atoms with E-state index < -0.39 is 11.9 Å². The zero-order valence-corrected chi connectivity index (χ0v) is 13.3. The number of rotatable bonds is 5. The van der Waals surface area contributed by atoms with Crippen LogP contribution in [0.2, 0.25) is 0 Å². The SMILES string of the molecule is Cc1ccsc1C=NNC(=O)CCn1nc(C(F)(F)F)cc1C. The predicted octanol–water partition coefficient (Wildman–Crippen LogP) is 3.12. The quantitative estimate of drug-likeness (QED) is 0.669. The Morgan fingerprint density at radius 3 is 2.78 bits per heavy atom. The third-order valence-corrected chi connectivity index (χ3v) is 4.05. The zero-order valence-electron chi connectivity index (χ0n) is 12.5. The Bertz CT molecular complexity index is 718. The Kier molecular flexibility index (Phi) is 5.19. The molecular formula is C14H15F3N4OS. The molecule has 2 rings (SSSR count). The van der Waals surface area contributed by atoms with E-state index in [4.69, 9.17) is 0 Å². The summed E-state index contributed by atoms with van der Waals surface area (Å²) in [5.74, 6) is -0.390. The van der Waals surface area contributed by atoms with Crippen LogP contribution in [0.4, 0.5) is 13.2 Å². The van der Waals surface area contributed by atoms with Gasteiger partial charge >= 0.3 is 6.18 Å². The van der Waals surface area contributed by atoms with Crippen LogP contribution in [0.1, 0.15) is 28.2 Å². The highest BCUT2D eigenvalue weighted by Crippen LogP contribution is 2.28. The first-order valence-corrected chi connectivity index (χ1v) is 7.63. The molecule has 2 aromatic rings. The van der Waals surface area contributed by atoms with E-state index >= 15 is 0 Å². The second kappa shape index (κ2) is 6.95. The molecule has 124 valence electrons. The summed E-state index contributed by atoms with van der Waals surface area (Å²) in [7, 11) is 0. The summed E-state index contributed by atoms with van der Waals surface area (Å²) in [4.78, 5) is 12.6. The standard InChI is InChI=1S/C14H15F3N4OS/c1-9-4-6-23-11(9)8-18-19-13(22)3-5-21-10(2)7-12(20-21)14(15,16)17/h4,6-8H,3,5H2,1-2H3,(H,19,22). The van der Waals surface area contributed by atoms with Crippen molar-refractivity contribution in [2.75, 3.05) is 0 Å². The monoisotopic (exact) mass is 344 g/mol. The lowest BCUT2D eigenvalue weighted by Gasteiger charge is -2.04. The Balaban J connectivity index is 1.86. The molecular weight excluding hydrogens is 329 g/mol. The molecule has 0 bridgehead atoms. The van der Waals surface area contributed by atoms with Crippen LogP contribution in [0.25, 0.3) is 0 Å². The van der Waals surface area contributed by atoms with Crippen LogP contribution in [0.5, 0.6) is 0 Å². The van der Waals surface area contributed by atoms with Gasteiger partial charge < -0.3 is 0 Å². The number of halogens is 3. The molecule has 0 aliphatic carbocycles. The third kappa shape index (κ3) is 4.65. The Morgan fingerprint density at radius 2 is 2.22 bits per heavy atom. The van der Waals surface area contributed by atoms with Crippen molar-refractivity contribution < 1.29 is 18.0 Å². The van der Waals surface area contributed by atoms with E-state index in [1.165, 1.54) is 18.3 Å². The molecule has 0 spiro atoms. The van der Waals surface area contributed by atoms with Gasteiger partial charge in [-0.05, 0) is 36.9 Å². The molecule has 0 radical (unpaired) electrons. The summed E-state index contributed by atoms with van der Waals surface area (Å²) in [6, 6.07) is 2.89. The van der Waals surface area contributed by atoms with E-state index in [0.717, 1.165) is 21.2 Å². The van der Waals surface area contributed by atoms with Crippen LogP contribution < -0.4 is 5.43 Å². The van der Waals surface area contributed by atoms with E-state index in [9.17, 15) is 18.0 Å². The second-order valence-corrected chi connectivity index (χ2v) is 5.85. The Labute approximate surface area is 134 Å². The molecule has 0 saturated carbocycles. The minimum absolute atomic E-state index is 0.0133. The van der Waals surface area contributed by atoms with Crippen LogP contribution in [-0.2, 0) is 17.5 Å². The van der Waals surface area contributed by atoms with Crippen LogP contribution >= 0.6 is 11.3 Å². The fourth-order valence-electron chi connectivity index (χ4n) is 1.82. The molecule has 9 heteroatoms. The third-order valence-electron chi connectivity index (χ3n) is 3.10. The van der Waals surface area contributed by atoms with Crippen molar-refractivity contribution in [3.8, 4) is 0 Å². The molecule has 5 nitrogen and oxygen atoms in total. The molecule has 0 fully saturated rings. The molecule has 0 saturated heterocycles. The van der Waals surface area contributed by atoms with Gasteiger partial charge in [0.2, 0.25) is 5.91 Å². The van der Waals surface area contributed by atoms with E-state index in [-0.39, 0.29) is 18.9 Å². The van der Waals surface area contributed by atoms with Crippen LogP contribution in [0, 0.1) is 13.8 Å². The van der Waals surface area contributed by atoms with Crippen LogP contribution in [-0.4, -0.2) is 21.9 Å². The normalized spacial score (nSPS) is 12.0. The minimum Gasteiger partial charge on any atom is -0.273 e. The van der Waals surface area contributed by atoms with Gasteiger partial charge in [0.15, 0.2) is 5.69 Å². The van der Waals surface area contributed by atoms with Crippen LogP contribution in [0.3, 0.4) is 0 Å². The maximum atomic E-state index is 12.5. The van der Waals surface area contributed by atoms with Gasteiger partial charge in [-0.1, -0.05) is 0 Å². The molecule has 0 aromatic carbocycles. The first-order valence-electron chi connectivity index (χ1n) is 6.75. The molecule has 0 aliphatic heterocycles. The van der Waals surface area contributed by atoms with Crippen LogP contribution in [0.15, 0.2) is 22.6 Å². The topological polar surface area (TPSA) is 59.3 Å². The van der Waals surface area contributed by atoms with Gasteiger partial charge in [0, 0.05) is 17.0 Å². The maximum Gasteiger partial charge on any atom is 0.435 e. The van der Waals surface area contributed by atoms with Crippen molar-refractivity contribution in [2.45, 2.75) is 33.0 Å². The molecule has 1 amide bonds. The van der Waals surface area contributed by atoms with Gasteiger partial charge in [0.25, 0.3) is 0 Å². The highest BCUT2D eigenvalue weighted by atomic mass is 32.1. The van der Waals surface area contributed by atoms with E-state index in [1.54, 1.807) is 6.21 Å². The fourth-order valence-corrected chi connectivity index (χ4v) is 2.60. The number of carbonyl (C=O) groups is 1. The minimum atomic E-state index is -4.48. The average Bonchev–Trinajstić information content (AvgIpc) is 3.03. The molecule has 0 unspecified atom stereocenters. The molecule has 2 aromatic heterocycles. The highest BCUT2D eigenvalue weighted by Gasteiger charge is 2.34. The summed E-state index contributed by atoms with van der Waals surface area (Å²) >= 11 is 1.50. The number of aromatic nitrogens is 2. The number of hydrogen-bond donors (Lipinski definition) is 1. The smallest absolute Gasteiger partial charge is 0.273 e. The molecule has 2 heterocycles. The summed E-state index contributed by atoms with van der Waals surface area (Å²) in [5.41, 5.74) is 2.80. The Hall–Kier alpha value is -2.16.